The van der Waals surface area contributed by atoms with Crippen molar-refractivity contribution in [2.75, 3.05) is 31.6 Å². The smallest absolute Gasteiger partial charge is 0.223 e. The molecular weight excluding hydrogens is 248 g/mol. The quantitative estimate of drug-likeness (QED) is 0.721. The summed E-state index contributed by atoms with van der Waals surface area (Å²) in [4.78, 5) is 13.4. The van der Waals surface area contributed by atoms with Gasteiger partial charge in [0.2, 0.25) is 5.91 Å². The third-order valence-electron chi connectivity index (χ3n) is 3.56. The molecule has 0 heterocycles. The van der Waals surface area contributed by atoms with E-state index in [0.717, 1.165) is 12.2 Å². The number of carbonyl (C=O) groups is 1. The van der Waals surface area contributed by atoms with Crippen molar-refractivity contribution in [2.45, 2.75) is 38.5 Å². The van der Waals surface area contributed by atoms with Crippen LogP contribution in [-0.4, -0.2) is 46.7 Å². The van der Waals surface area contributed by atoms with Gasteiger partial charge in [-0.15, -0.1) is 0 Å². The summed E-state index contributed by atoms with van der Waals surface area (Å²) in [6, 6.07) is 0. The maximum atomic E-state index is 11.9. The minimum absolute atomic E-state index is 0.0863. The third kappa shape index (κ3) is 5.96. The second-order valence-corrected chi connectivity index (χ2v) is 6.79. The molecule has 5 heteroatoms. The SMILES string of the molecule is CN(CCCN)C(=O)CCS(=O)CC1CCCC1. The Morgan fingerprint density at radius 1 is 1.39 bits per heavy atom. The summed E-state index contributed by atoms with van der Waals surface area (Å²) in [5.74, 6) is 2.03. The number of hydrogen-bond donors (Lipinski definition) is 1. The zero-order valence-electron chi connectivity index (χ0n) is 11.4. The highest BCUT2D eigenvalue weighted by Crippen LogP contribution is 2.25. The molecule has 106 valence electrons. The highest BCUT2D eigenvalue weighted by Gasteiger charge is 2.18. The molecule has 1 unspecified atom stereocenters. The molecule has 0 aromatic carbocycles. The maximum Gasteiger partial charge on any atom is 0.223 e. The molecule has 0 aliphatic heterocycles. The molecule has 2 N–H and O–H groups in total. The van der Waals surface area contributed by atoms with Crippen molar-refractivity contribution in [3.8, 4) is 0 Å². The fourth-order valence-corrected chi connectivity index (χ4v) is 3.80. The van der Waals surface area contributed by atoms with Crippen LogP contribution in [-0.2, 0) is 15.6 Å². The molecule has 18 heavy (non-hydrogen) atoms. The lowest BCUT2D eigenvalue weighted by atomic mass is 10.1. The van der Waals surface area contributed by atoms with E-state index in [9.17, 15) is 9.00 Å². The third-order valence-corrected chi connectivity index (χ3v) is 5.07. The fourth-order valence-electron chi connectivity index (χ4n) is 2.37. The topological polar surface area (TPSA) is 63.4 Å². The number of nitrogens with two attached hydrogens (primary N) is 1. The summed E-state index contributed by atoms with van der Waals surface area (Å²) in [7, 11) is 0.965. The summed E-state index contributed by atoms with van der Waals surface area (Å²) >= 11 is 0. The van der Waals surface area contributed by atoms with Gasteiger partial charge in [0.1, 0.15) is 0 Å². The molecule has 0 aromatic heterocycles. The molecule has 1 amide bonds. The van der Waals surface area contributed by atoms with Crippen LogP contribution in [0.3, 0.4) is 0 Å². The van der Waals surface area contributed by atoms with E-state index in [-0.39, 0.29) is 5.91 Å². The van der Waals surface area contributed by atoms with Gasteiger partial charge in [-0.05, 0) is 31.7 Å². The minimum atomic E-state index is -0.825. The van der Waals surface area contributed by atoms with Crippen LogP contribution >= 0.6 is 0 Å². The monoisotopic (exact) mass is 274 g/mol. The van der Waals surface area contributed by atoms with Gasteiger partial charge in [0.25, 0.3) is 0 Å². The lowest BCUT2D eigenvalue weighted by Crippen LogP contribution is -2.30. The van der Waals surface area contributed by atoms with Gasteiger partial charge in [-0.1, -0.05) is 12.8 Å². The van der Waals surface area contributed by atoms with Gasteiger partial charge in [0.05, 0.1) is 0 Å². The second-order valence-electron chi connectivity index (χ2n) is 5.17. The minimum Gasteiger partial charge on any atom is -0.346 e. The predicted octanol–water partition coefficient (Wildman–Crippen LogP) is 1.12. The van der Waals surface area contributed by atoms with Gasteiger partial charge >= 0.3 is 0 Å². The lowest BCUT2D eigenvalue weighted by molar-refractivity contribution is -0.129. The predicted molar refractivity (Wildman–Crippen MR) is 75.8 cm³/mol. The molecule has 0 spiro atoms. The second kappa shape index (κ2) is 8.64. The van der Waals surface area contributed by atoms with Crippen molar-refractivity contribution in [1.82, 2.24) is 4.90 Å². The van der Waals surface area contributed by atoms with E-state index < -0.39 is 10.8 Å². The zero-order valence-corrected chi connectivity index (χ0v) is 12.2. The van der Waals surface area contributed by atoms with Crippen LogP contribution in [0.25, 0.3) is 0 Å². The van der Waals surface area contributed by atoms with Crippen LogP contribution in [0.1, 0.15) is 38.5 Å². The van der Waals surface area contributed by atoms with E-state index >= 15 is 0 Å². The summed E-state index contributed by atoms with van der Waals surface area (Å²) < 4.78 is 11.9. The van der Waals surface area contributed by atoms with Gasteiger partial charge in [-0.3, -0.25) is 9.00 Å². The Bertz CT molecular complexity index is 278. The van der Waals surface area contributed by atoms with Crippen molar-refractivity contribution in [3.05, 3.63) is 0 Å². The van der Waals surface area contributed by atoms with E-state index in [0.29, 0.717) is 31.2 Å². The van der Waals surface area contributed by atoms with Crippen molar-refractivity contribution in [3.63, 3.8) is 0 Å². The molecule has 0 radical (unpaired) electrons. The van der Waals surface area contributed by atoms with Crippen LogP contribution in [0.4, 0.5) is 0 Å². The van der Waals surface area contributed by atoms with E-state index in [4.69, 9.17) is 5.73 Å². The maximum absolute atomic E-state index is 11.9. The van der Waals surface area contributed by atoms with E-state index in [2.05, 4.69) is 0 Å². The van der Waals surface area contributed by atoms with Gasteiger partial charge in [-0.2, -0.15) is 0 Å². The van der Waals surface area contributed by atoms with Crippen LogP contribution in [0.2, 0.25) is 0 Å². The standard InChI is InChI=1S/C13H26N2O2S/c1-15(9-4-8-14)13(16)7-10-18(17)11-12-5-2-3-6-12/h12H,2-11,14H2,1H3. The Balaban J connectivity index is 2.14. The normalized spacial score (nSPS) is 17.9. The molecule has 0 aromatic rings. The van der Waals surface area contributed by atoms with Gasteiger partial charge in [0, 0.05) is 42.3 Å². The first-order chi connectivity index (χ1) is 8.63. The van der Waals surface area contributed by atoms with Gasteiger partial charge < -0.3 is 10.6 Å². The molecule has 1 atom stereocenters. The average Bonchev–Trinajstić information content (AvgIpc) is 2.85. The first-order valence-electron chi connectivity index (χ1n) is 6.92. The number of hydrogen-bond acceptors (Lipinski definition) is 3. The molecule has 1 rings (SSSR count). The summed E-state index contributed by atoms with van der Waals surface area (Å²) in [6.45, 7) is 1.30. The van der Waals surface area contributed by atoms with Gasteiger partial charge in [0.15, 0.2) is 0 Å². The van der Waals surface area contributed by atoms with E-state index in [1.165, 1.54) is 25.7 Å². The molecule has 1 aliphatic rings. The van der Waals surface area contributed by atoms with Crippen molar-refractivity contribution in [1.29, 1.82) is 0 Å². The zero-order chi connectivity index (χ0) is 13.4. The molecular formula is C13H26N2O2S. The average molecular weight is 274 g/mol. The first-order valence-corrected chi connectivity index (χ1v) is 8.41. The fraction of sp³-hybridized carbons (Fsp3) is 0.923. The molecule has 0 saturated heterocycles. The molecule has 4 nitrogen and oxygen atoms in total. The Kier molecular flexibility index (Phi) is 7.51. The van der Waals surface area contributed by atoms with E-state index in [1.54, 1.807) is 11.9 Å². The van der Waals surface area contributed by atoms with Crippen molar-refractivity contribution < 1.29 is 9.00 Å². The van der Waals surface area contributed by atoms with Crippen molar-refractivity contribution >= 4 is 16.7 Å². The number of amides is 1. The number of nitrogens with zero attached hydrogens (tertiary/aromatic N) is 1. The molecule has 1 saturated carbocycles. The van der Waals surface area contributed by atoms with Crippen molar-refractivity contribution in [2.24, 2.45) is 11.7 Å². The number of carbonyl (C=O) groups excluding carboxylic acids is 1. The Morgan fingerprint density at radius 3 is 2.67 bits per heavy atom. The largest absolute Gasteiger partial charge is 0.346 e. The van der Waals surface area contributed by atoms with Gasteiger partial charge in [-0.25, -0.2) is 0 Å². The Hall–Kier alpha value is -0.420. The van der Waals surface area contributed by atoms with Crippen LogP contribution in [0.15, 0.2) is 0 Å². The Labute approximate surface area is 113 Å². The molecule has 0 bridgehead atoms. The highest BCUT2D eigenvalue weighted by atomic mass is 32.2. The summed E-state index contributed by atoms with van der Waals surface area (Å²) in [5, 5.41) is 0. The summed E-state index contributed by atoms with van der Waals surface area (Å²) in [5.41, 5.74) is 5.40. The highest BCUT2D eigenvalue weighted by molar-refractivity contribution is 7.85. The van der Waals surface area contributed by atoms with Crippen LogP contribution in [0, 0.1) is 5.92 Å². The first kappa shape index (κ1) is 15.6. The molecule has 1 aliphatic carbocycles. The van der Waals surface area contributed by atoms with Crippen LogP contribution in [0.5, 0.6) is 0 Å². The number of rotatable bonds is 8. The summed E-state index contributed by atoms with van der Waals surface area (Å²) in [6.07, 6.45) is 6.23. The lowest BCUT2D eigenvalue weighted by Gasteiger charge is -2.16. The molecule has 1 fully saturated rings. The van der Waals surface area contributed by atoms with E-state index in [1.807, 2.05) is 0 Å². The Morgan fingerprint density at radius 2 is 2.06 bits per heavy atom. The van der Waals surface area contributed by atoms with Crippen LogP contribution < -0.4 is 5.73 Å².